The van der Waals surface area contributed by atoms with Crippen molar-refractivity contribution in [2.75, 3.05) is 0 Å². The number of non-ortho nitro benzene ring substituents is 1. The summed E-state index contributed by atoms with van der Waals surface area (Å²) in [4.78, 5) is 22.2. The lowest BCUT2D eigenvalue weighted by molar-refractivity contribution is -0.384. The summed E-state index contributed by atoms with van der Waals surface area (Å²) >= 11 is 0. The number of nitro benzene ring substituents is 1. The lowest BCUT2D eigenvalue weighted by Gasteiger charge is -2.29. The van der Waals surface area contributed by atoms with E-state index in [1.165, 1.54) is 24.6 Å². The zero-order chi connectivity index (χ0) is 15.2. The van der Waals surface area contributed by atoms with Crippen molar-refractivity contribution in [1.82, 2.24) is 5.32 Å². The highest BCUT2D eigenvalue weighted by molar-refractivity contribution is 5.92. The number of nitro groups is 1. The average Bonchev–Trinajstić information content (AvgIpc) is 2.48. The molecule has 0 spiro atoms. The second kappa shape index (κ2) is 7.02. The molecule has 0 bridgehead atoms. The van der Waals surface area contributed by atoms with Gasteiger partial charge in [-0.2, -0.15) is 0 Å². The van der Waals surface area contributed by atoms with Crippen LogP contribution < -0.4 is 5.32 Å². The molecular formula is C16H20N2O3. The minimum Gasteiger partial charge on any atom is -0.350 e. The Morgan fingerprint density at radius 2 is 2.14 bits per heavy atom. The first-order chi connectivity index (χ1) is 10.1. The Bertz CT molecular complexity index is 554. The van der Waals surface area contributed by atoms with Gasteiger partial charge in [0.05, 0.1) is 4.92 Å². The van der Waals surface area contributed by atoms with Crippen LogP contribution in [-0.4, -0.2) is 16.9 Å². The van der Waals surface area contributed by atoms with Gasteiger partial charge >= 0.3 is 0 Å². The molecule has 1 aromatic rings. The Labute approximate surface area is 124 Å². The molecular weight excluding hydrogens is 268 g/mol. The van der Waals surface area contributed by atoms with E-state index in [0.717, 1.165) is 19.3 Å². The molecule has 5 heteroatoms. The van der Waals surface area contributed by atoms with Gasteiger partial charge < -0.3 is 5.32 Å². The first-order valence-electron chi connectivity index (χ1n) is 7.29. The number of nitrogens with one attached hydrogen (secondary N) is 1. The molecule has 0 saturated heterocycles. The fourth-order valence-corrected chi connectivity index (χ4v) is 2.68. The van der Waals surface area contributed by atoms with Crippen molar-refractivity contribution in [1.29, 1.82) is 0 Å². The van der Waals surface area contributed by atoms with Crippen molar-refractivity contribution < 1.29 is 9.72 Å². The van der Waals surface area contributed by atoms with Crippen molar-refractivity contribution in [3.63, 3.8) is 0 Å². The second-order valence-corrected chi connectivity index (χ2v) is 5.56. The number of hydrogen-bond acceptors (Lipinski definition) is 3. The van der Waals surface area contributed by atoms with Crippen molar-refractivity contribution in [2.45, 2.75) is 38.6 Å². The van der Waals surface area contributed by atoms with Crippen molar-refractivity contribution in [3.05, 3.63) is 46.0 Å². The zero-order valence-corrected chi connectivity index (χ0v) is 12.1. The fraction of sp³-hybridized carbons (Fsp3) is 0.438. The van der Waals surface area contributed by atoms with Crippen molar-refractivity contribution in [3.8, 4) is 0 Å². The van der Waals surface area contributed by atoms with Gasteiger partial charge in [-0.05, 0) is 30.4 Å². The number of benzene rings is 1. The monoisotopic (exact) mass is 288 g/mol. The van der Waals surface area contributed by atoms with Crippen LogP contribution >= 0.6 is 0 Å². The minimum atomic E-state index is -0.443. The first kappa shape index (κ1) is 15.2. The zero-order valence-electron chi connectivity index (χ0n) is 12.1. The number of hydrogen-bond donors (Lipinski definition) is 1. The molecule has 0 heterocycles. The third kappa shape index (κ3) is 4.41. The van der Waals surface area contributed by atoms with Gasteiger partial charge in [-0.25, -0.2) is 0 Å². The third-order valence-electron chi connectivity index (χ3n) is 3.95. The molecule has 0 aliphatic heterocycles. The van der Waals surface area contributed by atoms with E-state index in [1.54, 1.807) is 18.2 Å². The van der Waals surface area contributed by atoms with E-state index in [9.17, 15) is 14.9 Å². The highest BCUT2D eigenvalue weighted by Gasteiger charge is 2.21. The molecule has 0 aromatic heterocycles. The van der Waals surface area contributed by atoms with E-state index in [4.69, 9.17) is 0 Å². The van der Waals surface area contributed by atoms with Crippen molar-refractivity contribution in [2.24, 2.45) is 5.92 Å². The summed E-state index contributed by atoms with van der Waals surface area (Å²) in [6.07, 6.45) is 7.62. The predicted octanol–water partition coefficient (Wildman–Crippen LogP) is 3.30. The normalized spacial score (nSPS) is 22.1. The highest BCUT2D eigenvalue weighted by atomic mass is 16.6. The predicted molar refractivity (Wildman–Crippen MR) is 81.7 cm³/mol. The molecule has 0 radical (unpaired) electrons. The number of carbonyl (C=O) groups is 1. The van der Waals surface area contributed by atoms with E-state index in [1.807, 2.05) is 0 Å². The van der Waals surface area contributed by atoms with Gasteiger partial charge in [0.25, 0.3) is 5.69 Å². The molecule has 0 unspecified atom stereocenters. The van der Waals surface area contributed by atoms with Gasteiger partial charge in [0.1, 0.15) is 0 Å². The fourth-order valence-electron chi connectivity index (χ4n) is 2.68. The van der Waals surface area contributed by atoms with Gasteiger partial charge in [0, 0.05) is 24.3 Å². The van der Waals surface area contributed by atoms with E-state index in [2.05, 4.69) is 12.2 Å². The SMILES string of the molecule is C[C@H]1CCCC[C@@H]1NC(=O)/C=C/c1cccc([N+](=O)[O-])c1. The molecule has 1 N–H and O–H groups in total. The maximum Gasteiger partial charge on any atom is 0.270 e. The summed E-state index contributed by atoms with van der Waals surface area (Å²) in [6, 6.07) is 6.47. The molecule has 1 saturated carbocycles. The van der Waals surface area contributed by atoms with Gasteiger partial charge in [-0.1, -0.05) is 31.9 Å². The lowest BCUT2D eigenvalue weighted by Crippen LogP contribution is -2.40. The van der Waals surface area contributed by atoms with E-state index >= 15 is 0 Å². The van der Waals surface area contributed by atoms with Crippen LogP contribution in [0.15, 0.2) is 30.3 Å². The minimum absolute atomic E-state index is 0.0264. The molecule has 21 heavy (non-hydrogen) atoms. The molecule has 2 atom stereocenters. The number of amides is 1. The largest absolute Gasteiger partial charge is 0.350 e. The summed E-state index contributed by atoms with van der Waals surface area (Å²) < 4.78 is 0. The molecule has 1 amide bonds. The van der Waals surface area contributed by atoms with Crippen LogP contribution in [0.5, 0.6) is 0 Å². The number of rotatable bonds is 4. The topological polar surface area (TPSA) is 72.2 Å². The highest BCUT2D eigenvalue weighted by Crippen LogP contribution is 2.23. The van der Waals surface area contributed by atoms with Gasteiger partial charge in [-0.3, -0.25) is 14.9 Å². The summed E-state index contributed by atoms with van der Waals surface area (Å²) in [6.45, 7) is 2.16. The maximum absolute atomic E-state index is 11.9. The Balaban J connectivity index is 1.95. The molecule has 5 nitrogen and oxygen atoms in total. The maximum atomic E-state index is 11.9. The van der Waals surface area contributed by atoms with E-state index < -0.39 is 4.92 Å². The molecule has 1 aliphatic carbocycles. The van der Waals surface area contributed by atoms with Crippen LogP contribution in [0.1, 0.15) is 38.2 Å². The third-order valence-corrected chi connectivity index (χ3v) is 3.95. The summed E-state index contributed by atoms with van der Waals surface area (Å²) in [5, 5.41) is 13.7. The van der Waals surface area contributed by atoms with Gasteiger partial charge in [-0.15, -0.1) is 0 Å². The van der Waals surface area contributed by atoms with Crippen LogP contribution in [0.4, 0.5) is 5.69 Å². The molecule has 2 rings (SSSR count). The lowest BCUT2D eigenvalue weighted by atomic mass is 9.86. The quantitative estimate of drug-likeness (QED) is 0.525. The summed E-state index contributed by atoms with van der Waals surface area (Å²) in [5.74, 6) is 0.370. The van der Waals surface area contributed by atoms with Crippen LogP contribution in [-0.2, 0) is 4.79 Å². The summed E-state index contributed by atoms with van der Waals surface area (Å²) in [5.41, 5.74) is 0.675. The number of nitrogens with zero attached hydrogens (tertiary/aromatic N) is 1. The smallest absolute Gasteiger partial charge is 0.270 e. The Kier molecular flexibility index (Phi) is 5.09. The van der Waals surface area contributed by atoms with Crippen molar-refractivity contribution >= 4 is 17.7 Å². The standard InChI is InChI=1S/C16H20N2O3/c1-12-5-2-3-8-15(12)17-16(19)10-9-13-6-4-7-14(11-13)18(20)21/h4,6-7,9-12,15H,2-3,5,8H2,1H3,(H,17,19)/b10-9+/t12-,15-/m0/s1. The second-order valence-electron chi connectivity index (χ2n) is 5.56. The Hall–Kier alpha value is -2.17. The number of carbonyl (C=O) groups excluding carboxylic acids is 1. The Morgan fingerprint density at radius 1 is 1.38 bits per heavy atom. The van der Waals surface area contributed by atoms with Crippen LogP contribution in [0.25, 0.3) is 6.08 Å². The van der Waals surface area contributed by atoms with Crippen LogP contribution in [0.3, 0.4) is 0 Å². The van der Waals surface area contributed by atoms with Crippen LogP contribution in [0.2, 0.25) is 0 Å². The first-order valence-corrected chi connectivity index (χ1v) is 7.29. The van der Waals surface area contributed by atoms with Gasteiger partial charge in [0.15, 0.2) is 0 Å². The van der Waals surface area contributed by atoms with Crippen LogP contribution in [0, 0.1) is 16.0 Å². The molecule has 1 aliphatic rings. The molecule has 1 fully saturated rings. The average molecular weight is 288 g/mol. The molecule has 112 valence electrons. The van der Waals surface area contributed by atoms with E-state index in [-0.39, 0.29) is 17.6 Å². The summed E-state index contributed by atoms with van der Waals surface area (Å²) in [7, 11) is 0. The Morgan fingerprint density at radius 3 is 2.86 bits per heavy atom. The van der Waals surface area contributed by atoms with Gasteiger partial charge in [0.2, 0.25) is 5.91 Å². The van der Waals surface area contributed by atoms with E-state index in [0.29, 0.717) is 11.5 Å². The molecule has 1 aromatic carbocycles.